The highest BCUT2D eigenvalue weighted by atomic mass is 79.9. The number of hydrogen-bond acceptors (Lipinski definition) is 4. The van der Waals surface area contributed by atoms with Crippen molar-refractivity contribution in [2.75, 3.05) is 5.32 Å². The van der Waals surface area contributed by atoms with Crippen molar-refractivity contribution in [3.05, 3.63) is 73.2 Å². The summed E-state index contributed by atoms with van der Waals surface area (Å²) in [5, 5.41) is 25.2. The normalized spacial score (nSPS) is 23.7. The Kier molecular flexibility index (Phi) is 3.96. The molecule has 3 atom stereocenters. The maximum atomic E-state index is 11.6. The highest BCUT2D eigenvalue weighted by Crippen LogP contribution is 2.56. The van der Waals surface area contributed by atoms with E-state index >= 15 is 0 Å². The van der Waals surface area contributed by atoms with Crippen molar-refractivity contribution in [1.82, 2.24) is 0 Å². The van der Waals surface area contributed by atoms with Gasteiger partial charge in [-0.1, -0.05) is 51.8 Å². The molecule has 0 fully saturated rings. The van der Waals surface area contributed by atoms with Crippen LogP contribution in [0.15, 0.2) is 47.0 Å². The molecule has 0 bridgehead atoms. The fourth-order valence-electron chi connectivity index (χ4n) is 3.90. The van der Waals surface area contributed by atoms with E-state index in [4.69, 9.17) is 11.6 Å². The first-order valence-electron chi connectivity index (χ1n) is 7.85. The lowest BCUT2D eigenvalue weighted by Crippen LogP contribution is -2.29. The molecule has 0 saturated heterocycles. The van der Waals surface area contributed by atoms with Gasteiger partial charge in [-0.25, -0.2) is 0 Å². The minimum absolute atomic E-state index is 0.0378. The Morgan fingerprint density at radius 3 is 2.72 bits per heavy atom. The zero-order chi connectivity index (χ0) is 17.7. The van der Waals surface area contributed by atoms with E-state index in [-0.39, 0.29) is 34.3 Å². The fraction of sp³-hybridized carbons (Fsp3) is 0.222. The third-order valence-electron chi connectivity index (χ3n) is 4.96. The molecule has 128 valence electrons. The van der Waals surface area contributed by atoms with Crippen LogP contribution >= 0.6 is 27.5 Å². The highest BCUT2D eigenvalue weighted by molar-refractivity contribution is 9.10. The largest absolute Gasteiger partial charge is 0.506 e. The van der Waals surface area contributed by atoms with Crippen LogP contribution in [0.3, 0.4) is 0 Å². The van der Waals surface area contributed by atoms with Crippen LogP contribution in [0.2, 0.25) is 5.02 Å². The summed E-state index contributed by atoms with van der Waals surface area (Å²) < 4.78 is 0.985. The van der Waals surface area contributed by atoms with Gasteiger partial charge < -0.3 is 10.4 Å². The average molecular weight is 422 g/mol. The predicted octanol–water partition coefficient (Wildman–Crippen LogP) is 5.54. The number of halogens is 2. The van der Waals surface area contributed by atoms with Crippen LogP contribution in [0.4, 0.5) is 11.4 Å². The molecule has 1 aliphatic heterocycles. The van der Waals surface area contributed by atoms with Gasteiger partial charge in [-0.3, -0.25) is 10.1 Å². The van der Waals surface area contributed by atoms with Crippen LogP contribution in [0.25, 0.3) is 0 Å². The summed E-state index contributed by atoms with van der Waals surface area (Å²) in [7, 11) is 0. The quantitative estimate of drug-likeness (QED) is 0.289. The van der Waals surface area contributed by atoms with Crippen LogP contribution in [0.5, 0.6) is 5.75 Å². The smallest absolute Gasteiger partial charge is 0.293 e. The van der Waals surface area contributed by atoms with E-state index in [0.717, 1.165) is 16.5 Å². The second kappa shape index (κ2) is 6.04. The van der Waals surface area contributed by atoms with Crippen molar-refractivity contribution in [2.24, 2.45) is 5.92 Å². The van der Waals surface area contributed by atoms with E-state index in [0.29, 0.717) is 11.3 Å². The number of benzene rings is 2. The number of anilines is 1. The van der Waals surface area contributed by atoms with E-state index in [2.05, 4.69) is 21.2 Å². The van der Waals surface area contributed by atoms with Crippen LogP contribution in [0.1, 0.15) is 29.5 Å². The molecule has 2 N–H and O–H groups in total. The molecule has 4 rings (SSSR count). The highest BCUT2D eigenvalue weighted by Gasteiger charge is 2.43. The maximum absolute atomic E-state index is 11.6. The van der Waals surface area contributed by atoms with Crippen LogP contribution in [-0.2, 0) is 0 Å². The van der Waals surface area contributed by atoms with Gasteiger partial charge in [-0.05, 0) is 30.0 Å². The molecule has 2 aromatic carbocycles. The van der Waals surface area contributed by atoms with Crippen molar-refractivity contribution in [1.29, 1.82) is 0 Å². The number of nitro benzene ring substituents is 1. The number of rotatable bonds is 2. The second-order valence-corrected chi connectivity index (χ2v) is 7.62. The van der Waals surface area contributed by atoms with Gasteiger partial charge in [-0.2, -0.15) is 0 Å². The van der Waals surface area contributed by atoms with Crippen molar-refractivity contribution < 1.29 is 10.0 Å². The van der Waals surface area contributed by atoms with Gasteiger partial charge in [0.15, 0.2) is 0 Å². The van der Waals surface area contributed by atoms with E-state index in [1.807, 2.05) is 36.4 Å². The summed E-state index contributed by atoms with van der Waals surface area (Å²) in [6, 6.07) is 9.16. The van der Waals surface area contributed by atoms with Gasteiger partial charge in [0.25, 0.3) is 5.69 Å². The summed E-state index contributed by atoms with van der Waals surface area (Å²) in [5.74, 6) is -0.0911. The number of nitrogens with one attached hydrogen (secondary N) is 1. The average Bonchev–Trinajstić information content (AvgIpc) is 3.04. The van der Waals surface area contributed by atoms with E-state index in [1.165, 1.54) is 6.07 Å². The zero-order valence-corrected chi connectivity index (χ0v) is 15.3. The molecule has 1 heterocycles. The molecular weight excluding hydrogens is 408 g/mol. The van der Waals surface area contributed by atoms with E-state index < -0.39 is 4.92 Å². The van der Waals surface area contributed by atoms with Crippen molar-refractivity contribution >= 4 is 38.9 Å². The van der Waals surface area contributed by atoms with Gasteiger partial charge in [-0.15, -0.1) is 0 Å². The number of hydrogen-bond donors (Lipinski definition) is 2. The molecule has 2 aliphatic rings. The SMILES string of the molecule is O=[N+]([O-])c1c(Cl)cc(O)c2c1[C@@H]1C=CC[C@@H]1[C@H](c1ccc(Br)cc1)N2. The fourth-order valence-corrected chi connectivity index (χ4v) is 4.43. The molecule has 0 spiro atoms. The monoisotopic (exact) mass is 420 g/mol. The van der Waals surface area contributed by atoms with Crippen molar-refractivity contribution in [3.63, 3.8) is 0 Å². The first-order valence-corrected chi connectivity index (χ1v) is 9.03. The summed E-state index contributed by atoms with van der Waals surface area (Å²) in [6.07, 6.45) is 4.83. The second-order valence-electron chi connectivity index (χ2n) is 6.30. The topological polar surface area (TPSA) is 75.4 Å². The van der Waals surface area contributed by atoms with E-state index in [9.17, 15) is 15.2 Å². The number of aromatic hydroxyl groups is 1. The molecule has 0 amide bonds. The molecule has 0 unspecified atom stereocenters. The molecule has 2 aromatic rings. The molecule has 25 heavy (non-hydrogen) atoms. The first kappa shape index (κ1) is 16.4. The summed E-state index contributed by atoms with van der Waals surface area (Å²) in [6.45, 7) is 0. The molecule has 1 aliphatic carbocycles. The lowest BCUT2D eigenvalue weighted by Gasteiger charge is -2.37. The Bertz CT molecular complexity index is 898. The Hall–Kier alpha value is -2.05. The molecule has 5 nitrogen and oxygen atoms in total. The third-order valence-corrected chi connectivity index (χ3v) is 5.77. The summed E-state index contributed by atoms with van der Waals surface area (Å²) in [4.78, 5) is 11.1. The maximum Gasteiger partial charge on any atom is 0.293 e. The van der Waals surface area contributed by atoms with Gasteiger partial charge >= 0.3 is 0 Å². The lowest BCUT2D eigenvalue weighted by molar-refractivity contribution is -0.385. The lowest BCUT2D eigenvalue weighted by atomic mass is 9.76. The standard InChI is InChI=1S/C18H14BrClN2O3/c19-10-6-4-9(5-7-10)16-12-3-1-2-11(12)15-17(21-16)14(23)8-13(20)18(15)22(24)25/h1-2,4-8,11-12,16,21,23H,3H2/t11-,12+,16+/m1/s1. The number of allylic oxidation sites excluding steroid dienone is 2. The Morgan fingerprint density at radius 2 is 2.04 bits per heavy atom. The van der Waals surface area contributed by atoms with E-state index in [1.54, 1.807) is 0 Å². The summed E-state index contributed by atoms with van der Waals surface area (Å²) >= 11 is 9.50. The molecule has 7 heteroatoms. The summed E-state index contributed by atoms with van der Waals surface area (Å²) in [5.41, 5.74) is 1.82. The number of nitrogens with zero attached hydrogens (tertiary/aromatic N) is 1. The van der Waals surface area contributed by atoms with Gasteiger partial charge in [0.1, 0.15) is 10.8 Å². The Labute approximate surface area is 157 Å². The number of fused-ring (bicyclic) bond motifs is 3. The van der Waals surface area contributed by atoms with Gasteiger partial charge in [0, 0.05) is 16.5 Å². The number of phenols is 1. The minimum atomic E-state index is -0.467. The molecule has 0 radical (unpaired) electrons. The number of nitro groups is 1. The van der Waals surface area contributed by atoms with Crippen molar-refractivity contribution in [2.45, 2.75) is 18.4 Å². The Balaban J connectivity index is 1.89. The van der Waals surface area contributed by atoms with Crippen LogP contribution in [0, 0.1) is 16.0 Å². The zero-order valence-electron chi connectivity index (χ0n) is 12.9. The predicted molar refractivity (Wildman–Crippen MR) is 100 cm³/mol. The first-order chi connectivity index (χ1) is 12.0. The number of phenolic OH excluding ortho intramolecular Hbond substituents is 1. The third kappa shape index (κ3) is 2.60. The van der Waals surface area contributed by atoms with Crippen LogP contribution < -0.4 is 5.32 Å². The molecule has 0 aromatic heterocycles. The molecule has 0 saturated carbocycles. The van der Waals surface area contributed by atoms with Crippen LogP contribution in [-0.4, -0.2) is 10.0 Å². The van der Waals surface area contributed by atoms with Gasteiger partial charge in [0.05, 0.1) is 22.2 Å². The van der Waals surface area contributed by atoms with Crippen molar-refractivity contribution in [3.8, 4) is 5.75 Å². The minimum Gasteiger partial charge on any atom is -0.506 e. The van der Waals surface area contributed by atoms with Gasteiger partial charge in [0.2, 0.25) is 0 Å². The molecular formula is C18H14BrClN2O3. The Morgan fingerprint density at radius 1 is 1.32 bits per heavy atom.